The molecular formula is C11H15NO2. The second-order valence-electron chi connectivity index (χ2n) is 3.51. The molecule has 2 rings (SSSR count). The zero-order chi connectivity index (χ0) is 9.97. The fourth-order valence-electron chi connectivity index (χ4n) is 1.91. The first-order valence-electron chi connectivity index (χ1n) is 4.90. The van der Waals surface area contributed by atoms with Gasteiger partial charge in [0.15, 0.2) is 0 Å². The van der Waals surface area contributed by atoms with E-state index in [0.29, 0.717) is 12.4 Å². The lowest BCUT2D eigenvalue weighted by atomic mass is 9.96. The SMILES string of the molecule is CNCC1OCCc2c(O)cccc21. The van der Waals surface area contributed by atoms with Gasteiger partial charge in [-0.15, -0.1) is 0 Å². The summed E-state index contributed by atoms with van der Waals surface area (Å²) in [5.74, 6) is 0.395. The van der Waals surface area contributed by atoms with E-state index in [2.05, 4.69) is 5.32 Å². The van der Waals surface area contributed by atoms with Crippen LogP contribution in [-0.2, 0) is 11.2 Å². The highest BCUT2D eigenvalue weighted by Crippen LogP contribution is 2.31. The first-order valence-corrected chi connectivity index (χ1v) is 4.90. The summed E-state index contributed by atoms with van der Waals surface area (Å²) in [6.07, 6.45) is 0.887. The highest BCUT2D eigenvalue weighted by atomic mass is 16.5. The molecule has 0 bridgehead atoms. The minimum absolute atomic E-state index is 0.0795. The fourth-order valence-corrected chi connectivity index (χ4v) is 1.91. The summed E-state index contributed by atoms with van der Waals surface area (Å²) >= 11 is 0. The van der Waals surface area contributed by atoms with Crippen LogP contribution in [0.5, 0.6) is 5.75 Å². The number of aromatic hydroxyl groups is 1. The average molecular weight is 193 g/mol. The summed E-state index contributed by atoms with van der Waals surface area (Å²) in [5.41, 5.74) is 2.16. The van der Waals surface area contributed by atoms with E-state index >= 15 is 0 Å². The maximum atomic E-state index is 9.67. The molecule has 3 nitrogen and oxygen atoms in total. The lowest BCUT2D eigenvalue weighted by Crippen LogP contribution is -2.25. The molecule has 0 radical (unpaired) electrons. The molecule has 0 amide bonds. The van der Waals surface area contributed by atoms with E-state index in [1.54, 1.807) is 6.07 Å². The normalized spacial score (nSPS) is 20.5. The number of hydrogen-bond donors (Lipinski definition) is 2. The van der Waals surface area contributed by atoms with Crippen molar-refractivity contribution in [1.29, 1.82) is 0 Å². The molecule has 1 atom stereocenters. The zero-order valence-electron chi connectivity index (χ0n) is 8.29. The molecule has 1 heterocycles. The Morgan fingerprint density at radius 2 is 2.43 bits per heavy atom. The lowest BCUT2D eigenvalue weighted by Gasteiger charge is -2.26. The maximum absolute atomic E-state index is 9.67. The van der Waals surface area contributed by atoms with Crippen LogP contribution in [0.25, 0.3) is 0 Å². The number of benzene rings is 1. The van der Waals surface area contributed by atoms with Gasteiger partial charge >= 0.3 is 0 Å². The molecule has 2 N–H and O–H groups in total. The number of hydrogen-bond acceptors (Lipinski definition) is 3. The third-order valence-corrected chi connectivity index (χ3v) is 2.60. The van der Waals surface area contributed by atoms with Crippen LogP contribution in [0.4, 0.5) is 0 Å². The molecule has 14 heavy (non-hydrogen) atoms. The minimum Gasteiger partial charge on any atom is -0.508 e. The lowest BCUT2D eigenvalue weighted by molar-refractivity contribution is 0.0431. The Kier molecular flexibility index (Phi) is 2.70. The van der Waals surface area contributed by atoms with Gasteiger partial charge < -0.3 is 15.2 Å². The monoisotopic (exact) mass is 193 g/mol. The summed E-state index contributed by atoms with van der Waals surface area (Å²) in [6, 6.07) is 5.63. The van der Waals surface area contributed by atoms with Gasteiger partial charge in [-0.3, -0.25) is 0 Å². The Morgan fingerprint density at radius 3 is 3.21 bits per heavy atom. The van der Waals surface area contributed by atoms with Crippen molar-refractivity contribution >= 4 is 0 Å². The number of phenolic OH excluding ortho intramolecular Hbond substituents is 1. The van der Waals surface area contributed by atoms with E-state index in [1.807, 2.05) is 19.2 Å². The molecule has 0 saturated carbocycles. The van der Waals surface area contributed by atoms with E-state index in [0.717, 1.165) is 24.1 Å². The summed E-state index contributed by atoms with van der Waals surface area (Å²) in [6.45, 7) is 1.48. The minimum atomic E-state index is 0.0795. The first-order chi connectivity index (χ1) is 6.83. The Morgan fingerprint density at radius 1 is 1.57 bits per heavy atom. The van der Waals surface area contributed by atoms with Crippen molar-refractivity contribution in [2.75, 3.05) is 20.2 Å². The molecule has 0 aliphatic carbocycles. The van der Waals surface area contributed by atoms with Gasteiger partial charge in [-0.2, -0.15) is 0 Å². The van der Waals surface area contributed by atoms with E-state index in [-0.39, 0.29) is 6.10 Å². The zero-order valence-corrected chi connectivity index (χ0v) is 8.29. The van der Waals surface area contributed by atoms with Crippen LogP contribution in [0.15, 0.2) is 18.2 Å². The van der Waals surface area contributed by atoms with Crippen LogP contribution in [-0.4, -0.2) is 25.3 Å². The molecule has 0 saturated heterocycles. The van der Waals surface area contributed by atoms with Crippen LogP contribution >= 0.6 is 0 Å². The van der Waals surface area contributed by atoms with Gasteiger partial charge in [-0.05, 0) is 25.1 Å². The van der Waals surface area contributed by atoms with Crippen LogP contribution in [0, 0.1) is 0 Å². The van der Waals surface area contributed by atoms with E-state index in [9.17, 15) is 5.11 Å². The molecule has 0 spiro atoms. The van der Waals surface area contributed by atoms with E-state index in [1.165, 1.54) is 0 Å². The second-order valence-corrected chi connectivity index (χ2v) is 3.51. The van der Waals surface area contributed by atoms with Crippen LogP contribution in [0.2, 0.25) is 0 Å². The molecule has 1 aromatic carbocycles. The van der Waals surface area contributed by atoms with E-state index < -0.39 is 0 Å². The van der Waals surface area contributed by atoms with Gasteiger partial charge in [0.2, 0.25) is 0 Å². The summed E-state index contributed by atoms with van der Waals surface area (Å²) in [7, 11) is 1.90. The highest BCUT2D eigenvalue weighted by Gasteiger charge is 2.21. The van der Waals surface area contributed by atoms with Gasteiger partial charge in [0, 0.05) is 12.1 Å². The number of likely N-dealkylation sites (N-methyl/N-ethyl adjacent to an activating group) is 1. The Labute approximate surface area is 83.7 Å². The van der Waals surface area contributed by atoms with Crippen LogP contribution in [0.1, 0.15) is 17.2 Å². The Balaban J connectivity index is 2.34. The predicted octanol–water partition coefficient (Wildman–Crippen LogP) is 1.23. The number of nitrogens with one attached hydrogen (secondary N) is 1. The van der Waals surface area contributed by atoms with Gasteiger partial charge in [0.1, 0.15) is 5.75 Å². The maximum Gasteiger partial charge on any atom is 0.119 e. The molecule has 0 aromatic heterocycles. The van der Waals surface area contributed by atoms with Crippen molar-refractivity contribution in [1.82, 2.24) is 5.32 Å². The summed E-state index contributed by atoms with van der Waals surface area (Å²) < 4.78 is 5.63. The van der Waals surface area contributed by atoms with Crippen molar-refractivity contribution < 1.29 is 9.84 Å². The topological polar surface area (TPSA) is 41.5 Å². The quantitative estimate of drug-likeness (QED) is 0.742. The average Bonchev–Trinajstić information content (AvgIpc) is 2.20. The molecule has 76 valence electrons. The van der Waals surface area contributed by atoms with Crippen molar-refractivity contribution in [3.8, 4) is 5.75 Å². The summed E-state index contributed by atoms with van der Waals surface area (Å²) in [5, 5.41) is 12.8. The van der Waals surface area contributed by atoms with Crippen LogP contribution < -0.4 is 5.32 Å². The number of phenols is 1. The third-order valence-electron chi connectivity index (χ3n) is 2.60. The predicted molar refractivity (Wildman–Crippen MR) is 54.4 cm³/mol. The summed E-state index contributed by atoms with van der Waals surface area (Å²) in [4.78, 5) is 0. The smallest absolute Gasteiger partial charge is 0.119 e. The molecule has 1 aromatic rings. The molecule has 1 aliphatic heterocycles. The van der Waals surface area contributed by atoms with Crippen molar-refractivity contribution in [3.63, 3.8) is 0 Å². The van der Waals surface area contributed by atoms with E-state index in [4.69, 9.17) is 4.74 Å². The van der Waals surface area contributed by atoms with Gasteiger partial charge in [-0.25, -0.2) is 0 Å². The molecule has 1 aliphatic rings. The largest absolute Gasteiger partial charge is 0.508 e. The number of ether oxygens (including phenoxy) is 1. The number of rotatable bonds is 2. The van der Waals surface area contributed by atoms with Gasteiger partial charge in [0.25, 0.3) is 0 Å². The molecule has 0 fully saturated rings. The molecule has 1 unspecified atom stereocenters. The Bertz CT molecular complexity index is 325. The first kappa shape index (κ1) is 9.49. The standard InChI is InChI=1S/C11H15NO2/c1-12-7-11-9-3-2-4-10(13)8(9)5-6-14-11/h2-4,11-13H,5-7H2,1H3. The van der Waals surface area contributed by atoms with Crippen molar-refractivity contribution in [2.24, 2.45) is 0 Å². The Hall–Kier alpha value is -1.06. The fraction of sp³-hybridized carbons (Fsp3) is 0.455. The number of fused-ring (bicyclic) bond motifs is 1. The molecule has 3 heteroatoms. The second kappa shape index (κ2) is 3.98. The highest BCUT2D eigenvalue weighted by molar-refractivity contribution is 5.41. The van der Waals surface area contributed by atoms with Crippen LogP contribution in [0.3, 0.4) is 0 Å². The third kappa shape index (κ3) is 1.61. The van der Waals surface area contributed by atoms with Gasteiger partial charge in [0.05, 0.1) is 12.7 Å². The van der Waals surface area contributed by atoms with Gasteiger partial charge in [-0.1, -0.05) is 12.1 Å². The van der Waals surface area contributed by atoms with Crippen molar-refractivity contribution in [2.45, 2.75) is 12.5 Å². The molecular weight excluding hydrogens is 178 g/mol. The van der Waals surface area contributed by atoms with Crippen molar-refractivity contribution in [3.05, 3.63) is 29.3 Å².